The van der Waals surface area contributed by atoms with Gasteiger partial charge in [0.2, 0.25) is 0 Å². The van der Waals surface area contributed by atoms with Crippen LogP contribution in [0.1, 0.15) is 41.4 Å². The van der Waals surface area contributed by atoms with Gasteiger partial charge in [0.15, 0.2) is 9.84 Å². The average Bonchev–Trinajstić information content (AvgIpc) is 3.38. The monoisotopic (exact) mass is 439 g/mol. The van der Waals surface area contributed by atoms with Crippen molar-refractivity contribution in [1.82, 2.24) is 24.5 Å². The second kappa shape index (κ2) is 8.25. The van der Waals surface area contributed by atoms with E-state index in [1.807, 2.05) is 6.20 Å². The largest absolute Gasteiger partial charge is 0.292 e. The quantitative estimate of drug-likeness (QED) is 0.634. The van der Waals surface area contributed by atoms with Gasteiger partial charge in [0.1, 0.15) is 33.6 Å². The van der Waals surface area contributed by atoms with Crippen LogP contribution >= 0.6 is 11.5 Å². The normalized spacial score (nSPS) is 18.2. The molecule has 0 amide bonds. The molecule has 154 valence electrons. The van der Waals surface area contributed by atoms with Crippen LogP contribution in [0.25, 0.3) is 0 Å². The molecule has 3 heterocycles. The topological polar surface area (TPSA) is 91.8 Å². The molecule has 11 heteroatoms. The standard InChI is InChI=1S/C18H19F2N5O2S2/c19-14-6-17(29(26,27)10-18-21-11-24-28-18)15(20)5-12(14)9-25-4-2-1-3-16(25)13-7-22-23-8-13/h5-8,11,16H,1-4,9-10H2,(H,22,23)/t16-/m1/s1. The number of likely N-dealkylation sites (tertiary alicyclic amines) is 1. The van der Waals surface area contributed by atoms with Crippen LogP contribution in [0.4, 0.5) is 8.78 Å². The second-order valence-corrected chi connectivity index (χ2v) is 9.80. The summed E-state index contributed by atoms with van der Waals surface area (Å²) in [7, 11) is -4.07. The van der Waals surface area contributed by atoms with E-state index >= 15 is 0 Å². The third-order valence-corrected chi connectivity index (χ3v) is 7.53. The van der Waals surface area contributed by atoms with Crippen molar-refractivity contribution in [2.45, 2.75) is 42.5 Å². The minimum Gasteiger partial charge on any atom is -0.292 e. The number of halogens is 2. The maximum absolute atomic E-state index is 14.8. The van der Waals surface area contributed by atoms with Gasteiger partial charge in [-0.1, -0.05) is 6.42 Å². The van der Waals surface area contributed by atoms with E-state index < -0.39 is 32.1 Å². The highest BCUT2D eigenvalue weighted by atomic mass is 32.2. The zero-order chi connectivity index (χ0) is 20.4. The Morgan fingerprint density at radius 1 is 1.24 bits per heavy atom. The third-order valence-electron chi connectivity index (χ3n) is 5.05. The number of nitrogens with one attached hydrogen (secondary N) is 1. The van der Waals surface area contributed by atoms with E-state index in [0.717, 1.165) is 55.0 Å². The Hall–Kier alpha value is -2.24. The molecule has 1 fully saturated rings. The Morgan fingerprint density at radius 2 is 2.10 bits per heavy atom. The summed E-state index contributed by atoms with van der Waals surface area (Å²) in [5.41, 5.74) is 1.13. The lowest BCUT2D eigenvalue weighted by Crippen LogP contribution is -2.33. The Morgan fingerprint density at radius 3 is 2.83 bits per heavy atom. The van der Waals surface area contributed by atoms with Crippen molar-refractivity contribution in [3.05, 3.63) is 58.6 Å². The van der Waals surface area contributed by atoms with Crippen LogP contribution in [0.3, 0.4) is 0 Å². The molecule has 1 atom stereocenters. The van der Waals surface area contributed by atoms with Crippen LogP contribution in [-0.2, 0) is 22.1 Å². The van der Waals surface area contributed by atoms with E-state index in [1.165, 1.54) is 6.33 Å². The van der Waals surface area contributed by atoms with E-state index in [4.69, 9.17) is 0 Å². The highest BCUT2D eigenvalue weighted by Gasteiger charge is 2.28. The maximum atomic E-state index is 14.8. The molecule has 0 saturated carbocycles. The zero-order valence-corrected chi connectivity index (χ0v) is 17.0. The van der Waals surface area contributed by atoms with Crippen molar-refractivity contribution in [1.29, 1.82) is 0 Å². The van der Waals surface area contributed by atoms with Gasteiger partial charge in [0.05, 0.1) is 6.20 Å². The van der Waals surface area contributed by atoms with Gasteiger partial charge in [0, 0.05) is 29.9 Å². The number of hydrogen-bond donors (Lipinski definition) is 1. The molecular weight excluding hydrogens is 420 g/mol. The van der Waals surface area contributed by atoms with Gasteiger partial charge in [-0.05, 0) is 43.1 Å². The van der Waals surface area contributed by atoms with Crippen molar-refractivity contribution in [3.63, 3.8) is 0 Å². The third kappa shape index (κ3) is 4.36. The van der Waals surface area contributed by atoms with Crippen LogP contribution < -0.4 is 0 Å². The number of benzene rings is 1. The van der Waals surface area contributed by atoms with E-state index in [9.17, 15) is 17.2 Å². The Kier molecular flexibility index (Phi) is 5.70. The molecule has 0 unspecified atom stereocenters. The number of aromatic nitrogens is 4. The fourth-order valence-corrected chi connectivity index (χ4v) is 5.83. The first kappa shape index (κ1) is 20.0. The van der Waals surface area contributed by atoms with Gasteiger partial charge in [-0.15, -0.1) is 0 Å². The van der Waals surface area contributed by atoms with Gasteiger partial charge in [-0.25, -0.2) is 22.2 Å². The Bertz CT molecular complexity index is 1070. The molecular formula is C18H19F2N5O2S2. The number of H-pyrrole nitrogens is 1. The number of rotatable bonds is 6. The molecule has 0 spiro atoms. The summed E-state index contributed by atoms with van der Waals surface area (Å²) in [5.74, 6) is -2.20. The highest BCUT2D eigenvalue weighted by molar-refractivity contribution is 7.90. The number of sulfone groups is 1. The minimum absolute atomic E-state index is 0.0609. The maximum Gasteiger partial charge on any atom is 0.187 e. The van der Waals surface area contributed by atoms with Crippen LogP contribution in [0.2, 0.25) is 0 Å². The van der Waals surface area contributed by atoms with E-state index in [0.29, 0.717) is 0 Å². The summed E-state index contributed by atoms with van der Waals surface area (Å²) in [6.07, 6.45) is 7.69. The number of aromatic amines is 1. The van der Waals surface area contributed by atoms with Crippen molar-refractivity contribution in [2.24, 2.45) is 0 Å². The summed E-state index contributed by atoms with van der Waals surface area (Å²) in [4.78, 5) is 5.22. The first-order chi connectivity index (χ1) is 13.9. The smallest absolute Gasteiger partial charge is 0.187 e. The van der Waals surface area contributed by atoms with Crippen LogP contribution in [-0.4, -0.2) is 39.4 Å². The Balaban J connectivity index is 1.58. The first-order valence-corrected chi connectivity index (χ1v) is 11.6. The molecule has 3 aromatic rings. The second-order valence-electron chi connectivity index (χ2n) is 6.98. The van der Waals surface area contributed by atoms with E-state index in [1.54, 1.807) is 6.20 Å². The molecule has 0 bridgehead atoms. The molecule has 1 aromatic carbocycles. The van der Waals surface area contributed by atoms with Crippen LogP contribution in [0, 0.1) is 11.6 Å². The lowest BCUT2D eigenvalue weighted by Gasteiger charge is -2.35. The molecule has 1 N–H and O–H groups in total. The molecule has 7 nitrogen and oxygen atoms in total. The summed E-state index contributed by atoms with van der Waals surface area (Å²) >= 11 is 0.909. The molecule has 0 radical (unpaired) electrons. The fraction of sp³-hybridized carbons (Fsp3) is 0.389. The Labute approximate surface area is 170 Å². The number of nitrogens with zero attached hydrogens (tertiary/aromatic N) is 4. The average molecular weight is 440 g/mol. The minimum atomic E-state index is -4.07. The highest BCUT2D eigenvalue weighted by Crippen LogP contribution is 2.33. The van der Waals surface area contributed by atoms with Crippen LogP contribution in [0.15, 0.2) is 35.7 Å². The predicted octanol–water partition coefficient (Wildman–Crippen LogP) is 3.24. The fourth-order valence-electron chi connectivity index (χ4n) is 3.65. The lowest BCUT2D eigenvalue weighted by atomic mass is 9.97. The molecule has 4 rings (SSSR count). The molecule has 1 aliphatic heterocycles. The number of piperidine rings is 1. The SMILES string of the molecule is O=S(=O)(Cc1ncns1)c1cc(F)c(CN2CCCC[C@@H]2c2cn[nH]c2)cc1F. The zero-order valence-electron chi connectivity index (χ0n) is 15.4. The molecule has 1 saturated heterocycles. The summed E-state index contributed by atoms with van der Waals surface area (Å²) in [6.45, 7) is 0.934. The number of hydrogen-bond acceptors (Lipinski definition) is 7. The van der Waals surface area contributed by atoms with Crippen molar-refractivity contribution >= 4 is 21.4 Å². The first-order valence-electron chi connectivity index (χ1n) is 9.13. The van der Waals surface area contributed by atoms with Gasteiger partial charge in [0.25, 0.3) is 0 Å². The molecule has 1 aliphatic rings. The molecule has 0 aliphatic carbocycles. The molecule has 29 heavy (non-hydrogen) atoms. The van der Waals surface area contributed by atoms with E-state index in [2.05, 4.69) is 24.5 Å². The summed E-state index contributed by atoms with van der Waals surface area (Å²) in [6, 6.07) is 1.83. The van der Waals surface area contributed by atoms with Gasteiger partial charge >= 0.3 is 0 Å². The van der Waals surface area contributed by atoms with Crippen molar-refractivity contribution in [2.75, 3.05) is 6.54 Å². The summed E-state index contributed by atoms with van der Waals surface area (Å²) < 4.78 is 58.1. The van der Waals surface area contributed by atoms with Gasteiger partial charge in [-0.3, -0.25) is 10.00 Å². The lowest BCUT2D eigenvalue weighted by molar-refractivity contribution is 0.138. The van der Waals surface area contributed by atoms with Crippen molar-refractivity contribution in [3.8, 4) is 0 Å². The van der Waals surface area contributed by atoms with Gasteiger partial charge in [-0.2, -0.15) is 9.47 Å². The molecule has 2 aromatic heterocycles. The summed E-state index contributed by atoms with van der Waals surface area (Å²) in [5, 5.41) is 6.99. The van der Waals surface area contributed by atoms with Gasteiger partial charge < -0.3 is 0 Å². The van der Waals surface area contributed by atoms with Crippen LogP contribution in [0.5, 0.6) is 0 Å². The predicted molar refractivity (Wildman–Crippen MR) is 103 cm³/mol. The van der Waals surface area contributed by atoms with E-state index in [-0.39, 0.29) is 23.2 Å². The van der Waals surface area contributed by atoms with Crippen molar-refractivity contribution < 1.29 is 17.2 Å².